The summed E-state index contributed by atoms with van der Waals surface area (Å²) in [5.74, 6) is -2.15. The van der Waals surface area contributed by atoms with Crippen molar-refractivity contribution >= 4 is 38.7 Å². The summed E-state index contributed by atoms with van der Waals surface area (Å²) < 4.78 is 34.0. The van der Waals surface area contributed by atoms with Crippen molar-refractivity contribution < 1.29 is 27.9 Å². The number of nitrogens with one attached hydrogen (secondary N) is 1. The number of carboxylic acids is 1. The molecule has 1 aromatic carbocycles. The minimum atomic E-state index is -5.08. The van der Waals surface area contributed by atoms with Crippen LogP contribution in [0, 0.1) is 0 Å². The van der Waals surface area contributed by atoms with Gasteiger partial charge < -0.3 is 10.4 Å². The van der Waals surface area contributed by atoms with Crippen LogP contribution in [0.15, 0.2) is 45.8 Å². The van der Waals surface area contributed by atoms with Crippen LogP contribution in [0.25, 0.3) is 16.7 Å². The second-order valence-corrected chi connectivity index (χ2v) is 7.68. The molecular formula is C20H16BrF3N4O4. The quantitative estimate of drug-likeness (QED) is 0.540. The number of carboxylic acid groups (broad SMARTS) is 1. The first kappa shape index (κ1) is 23.4. The van der Waals surface area contributed by atoms with E-state index in [0.717, 1.165) is 10.9 Å². The Labute approximate surface area is 187 Å². The lowest BCUT2D eigenvalue weighted by Crippen LogP contribution is -2.30. The fourth-order valence-electron chi connectivity index (χ4n) is 3.16. The van der Waals surface area contributed by atoms with Gasteiger partial charge in [0.2, 0.25) is 0 Å². The number of alkyl halides is 3. The number of fused-ring (bicyclic) bond motifs is 4. The zero-order valence-electron chi connectivity index (χ0n) is 16.5. The van der Waals surface area contributed by atoms with E-state index in [-0.39, 0.29) is 17.5 Å². The first-order valence-corrected chi connectivity index (χ1v) is 10.1. The molecule has 0 fully saturated rings. The Morgan fingerprint density at radius 2 is 1.97 bits per heavy atom. The van der Waals surface area contributed by atoms with E-state index in [1.165, 1.54) is 4.57 Å². The maximum Gasteiger partial charge on any atom is 0.490 e. The van der Waals surface area contributed by atoms with Crippen LogP contribution in [0.5, 0.6) is 0 Å². The minimum Gasteiger partial charge on any atom is -0.475 e. The van der Waals surface area contributed by atoms with Gasteiger partial charge in [-0.25, -0.2) is 19.3 Å². The molecule has 0 saturated heterocycles. The van der Waals surface area contributed by atoms with Gasteiger partial charge in [-0.3, -0.25) is 9.59 Å². The van der Waals surface area contributed by atoms with E-state index in [4.69, 9.17) is 14.9 Å². The van der Waals surface area contributed by atoms with E-state index in [1.54, 1.807) is 30.5 Å². The van der Waals surface area contributed by atoms with Crippen LogP contribution < -0.4 is 10.9 Å². The maximum absolute atomic E-state index is 13.2. The van der Waals surface area contributed by atoms with Gasteiger partial charge in [0.25, 0.3) is 11.5 Å². The number of halogens is 4. The van der Waals surface area contributed by atoms with Gasteiger partial charge >= 0.3 is 12.1 Å². The third-order valence-electron chi connectivity index (χ3n) is 4.54. The number of nitrogens with zero attached hydrogens (tertiary/aromatic N) is 3. The van der Waals surface area contributed by atoms with Gasteiger partial charge in [-0.05, 0) is 36.8 Å². The van der Waals surface area contributed by atoms with Gasteiger partial charge in [0, 0.05) is 10.7 Å². The van der Waals surface area contributed by atoms with Gasteiger partial charge in [0.05, 0.1) is 22.5 Å². The fraction of sp³-hybridized carbons (Fsp3) is 0.250. The highest BCUT2D eigenvalue weighted by Crippen LogP contribution is 2.26. The normalized spacial score (nSPS) is 15.0. The van der Waals surface area contributed by atoms with Crippen LogP contribution in [0.2, 0.25) is 0 Å². The van der Waals surface area contributed by atoms with E-state index < -0.39 is 12.1 Å². The number of aromatic nitrogens is 3. The molecule has 3 aromatic rings. The van der Waals surface area contributed by atoms with Crippen molar-refractivity contribution in [3.63, 3.8) is 0 Å². The molecule has 4 rings (SSSR count). The Morgan fingerprint density at radius 3 is 2.59 bits per heavy atom. The lowest BCUT2D eigenvalue weighted by Gasteiger charge is -2.18. The van der Waals surface area contributed by atoms with E-state index in [0.29, 0.717) is 34.5 Å². The molecule has 0 bridgehead atoms. The van der Waals surface area contributed by atoms with Crippen LogP contribution in [-0.2, 0) is 4.79 Å². The highest BCUT2D eigenvalue weighted by atomic mass is 79.9. The van der Waals surface area contributed by atoms with Crippen LogP contribution >= 0.6 is 15.9 Å². The summed E-state index contributed by atoms with van der Waals surface area (Å²) in [6.45, 7) is 2.03. The highest BCUT2D eigenvalue weighted by molar-refractivity contribution is 9.10. The lowest BCUT2D eigenvalue weighted by molar-refractivity contribution is -0.192. The molecule has 2 N–H and O–H groups in total. The van der Waals surface area contributed by atoms with Crippen LogP contribution in [0.1, 0.15) is 42.0 Å². The van der Waals surface area contributed by atoms with Crippen molar-refractivity contribution in [2.75, 3.05) is 0 Å². The van der Waals surface area contributed by atoms with Gasteiger partial charge in [-0.2, -0.15) is 13.2 Å². The van der Waals surface area contributed by atoms with Gasteiger partial charge in [0.1, 0.15) is 5.82 Å². The molecule has 3 heterocycles. The Balaban J connectivity index is 0.000000360. The average molecular weight is 513 g/mol. The molecule has 0 saturated carbocycles. The third kappa shape index (κ3) is 4.64. The fourth-order valence-corrected chi connectivity index (χ4v) is 3.52. The topological polar surface area (TPSA) is 114 Å². The van der Waals surface area contributed by atoms with E-state index in [1.807, 2.05) is 13.0 Å². The molecular weight excluding hydrogens is 497 g/mol. The summed E-state index contributed by atoms with van der Waals surface area (Å²) in [4.78, 5) is 43.7. The van der Waals surface area contributed by atoms with Crippen molar-refractivity contribution in [2.45, 2.75) is 32.0 Å². The van der Waals surface area contributed by atoms with Gasteiger partial charge in [-0.1, -0.05) is 29.3 Å². The smallest absolute Gasteiger partial charge is 0.475 e. The number of carbonyl (C=O) groups is 2. The van der Waals surface area contributed by atoms with Gasteiger partial charge in [-0.15, -0.1) is 0 Å². The van der Waals surface area contributed by atoms with Gasteiger partial charge in [0.15, 0.2) is 5.82 Å². The molecule has 1 atom stereocenters. The molecule has 12 heteroatoms. The SMILES string of the molecule is CCCC1NC(=O)c2cccnc2-n2c1nc1ccc(Br)cc1c2=O.O=C(O)C(F)(F)F. The predicted octanol–water partition coefficient (Wildman–Crippen LogP) is 3.76. The minimum absolute atomic E-state index is 0.223. The molecule has 1 aliphatic rings. The zero-order valence-corrected chi connectivity index (χ0v) is 18.1. The number of carbonyl (C=O) groups excluding carboxylic acids is 1. The Kier molecular flexibility index (Phi) is 6.63. The number of amides is 1. The predicted molar refractivity (Wildman–Crippen MR) is 112 cm³/mol. The summed E-state index contributed by atoms with van der Waals surface area (Å²) in [6, 6.07) is 8.42. The Morgan fingerprint density at radius 1 is 1.28 bits per heavy atom. The lowest BCUT2D eigenvalue weighted by atomic mass is 10.1. The van der Waals surface area contributed by atoms with E-state index >= 15 is 0 Å². The molecule has 8 nitrogen and oxygen atoms in total. The van der Waals surface area contributed by atoms with Crippen LogP contribution in [0.3, 0.4) is 0 Å². The monoisotopic (exact) mass is 512 g/mol. The number of aliphatic carboxylic acids is 1. The standard InChI is InChI=1S/C18H15BrN4O2.C2HF3O2/c1-2-4-14-16-21-13-7-6-10(19)9-12(13)18(25)23(16)15-11(17(24)22-14)5-3-8-20-15;3-2(4,5)1(6)7/h3,5-9,14H,2,4H2,1H3,(H,22,24);(H,6,7). The molecule has 0 spiro atoms. The second-order valence-electron chi connectivity index (χ2n) is 6.76. The number of rotatable bonds is 2. The summed E-state index contributed by atoms with van der Waals surface area (Å²) in [6.07, 6.45) is -1.97. The van der Waals surface area contributed by atoms with Crippen LogP contribution in [0.4, 0.5) is 13.2 Å². The summed E-state index contributed by atoms with van der Waals surface area (Å²) in [5, 5.41) is 10.6. The first-order chi connectivity index (χ1) is 15.0. The van der Waals surface area contributed by atoms with Crippen molar-refractivity contribution in [3.05, 3.63) is 62.7 Å². The maximum atomic E-state index is 13.2. The summed E-state index contributed by atoms with van der Waals surface area (Å²) in [7, 11) is 0. The molecule has 1 amide bonds. The number of hydrogen-bond donors (Lipinski definition) is 2. The summed E-state index contributed by atoms with van der Waals surface area (Å²) in [5.41, 5.74) is 0.758. The molecule has 0 radical (unpaired) electrons. The van der Waals surface area contributed by atoms with Crippen molar-refractivity contribution in [2.24, 2.45) is 0 Å². The first-order valence-electron chi connectivity index (χ1n) is 9.33. The van der Waals surface area contributed by atoms with Crippen molar-refractivity contribution in [1.82, 2.24) is 19.9 Å². The molecule has 1 aliphatic heterocycles. The number of hydrogen-bond acceptors (Lipinski definition) is 5. The van der Waals surface area contributed by atoms with E-state index in [2.05, 4.69) is 26.2 Å². The van der Waals surface area contributed by atoms with Crippen molar-refractivity contribution in [3.8, 4) is 5.82 Å². The number of benzene rings is 1. The zero-order chi connectivity index (χ0) is 23.6. The van der Waals surface area contributed by atoms with Crippen LogP contribution in [-0.4, -0.2) is 37.7 Å². The molecule has 1 unspecified atom stereocenters. The Hall–Kier alpha value is -3.28. The second kappa shape index (κ2) is 9.07. The van der Waals surface area contributed by atoms with Crippen molar-refractivity contribution in [1.29, 1.82) is 0 Å². The largest absolute Gasteiger partial charge is 0.490 e. The third-order valence-corrected chi connectivity index (χ3v) is 5.03. The molecule has 32 heavy (non-hydrogen) atoms. The molecule has 0 aliphatic carbocycles. The Bertz CT molecular complexity index is 1260. The summed E-state index contributed by atoms with van der Waals surface area (Å²) >= 11 is 3.40. The van der Waals surface area contributed by atoms with E-state index in [9.17, 15) is 22.8 Å². The number of pyridine rings is 1. The molecule has 2 aromatic heterocycles. The highest BCUT2D eigenvalue weighted by Gasteiger charge is 2.38. The molecule has 168 valence electrons. The average Bonchev–Trinajstić information content (AvgIpc) is 2.84.